The monoisotopic (exact) mass is 462 g/mol. The zero-order valence-electron chi connectivity index (χ0n) is 16.7. The highest BCUT2D eigenvalue weighted by Crippen LogP contribution is 2.39. The summed E-state index contributed by atoms with van der Waals surface area (Å²) in [5.74, 6) is -0.842. The van der Waals surface area contributed by atoms with E-state index in [1.165, 1.54) is 0 Å². The van der Waals surface area contributed by atoms with Gasteiger partial charge in [0.25, 0.3) is 0 Å². The number of ether oxygens (including phenoxy) is 2. The van der Waals surface area contributed by atoms with E-state index < -0.39 is 11.9 Å². The molecule has 2 aromatic carbocycles. The van der Waals surface area contributed by atoms with Gasteiger partial charge in [0.1, 0.15) is 33.8 Å². The van der Waals surface area contributed by atoms with Crippen molar-refractivity contribution in [3.8, 4) is 11.5 Å². The van der Waals surface area contributed by atoms with Gasteiger partial charge in [-0.05, 0) is 51.5 Å². The van der Waals surface area contributed by atoms with Gasteiger partial charge in [0.15, 0.2) is 0 Å². The van der Waals surface area contributed by atoms with Gasteiger partial charge in [0.05, 0.1) is 0 Å². The van der Waals surface area contributed by atoms with Crippen molar-refractivity contribution in [2.75, 3.05) is 0 Å². The van der Waals surface area contributed by atoms with Crippen molar-refractivity contribution in [3.63, 3.8) is 0 Å². The molecule has 2 aliphatic heterocycles. The minimum Gasteiger partial charge on any atom is -0.486 e. The number of para-hydroxylation sites is 1. The lowest BCUT2D eigenvalue weighted by atomic mass is 10.0. The first kappa shape index (κ1) is 21.2. The van der Waals surface area contributed by atoms with Crippen LogP contribution in [0.2, 0.25) is 0 Å². The molecule has 0 amide bonds. The van der Waals surface area contributed by atoms with Gasteiger partial charge in [-0.2, -0.15) is 0 Å². The first-order chi connectivity index (χ1) is 13.4. The smallest absolute Gasteiger partial charge is 0.339 e. The van der Waals surface area contributed by atoms with Crippen LogP contribution < -0.4 is 9.47 Å². The molecule has 4 rings (SSSR count). The first-order valence-corrected chi connectivity index (χ1v) is 9.97. The molecule has 0 unspecified atom stereocenters. The number of carboxylic acids is 2. The number of carbonyl (C=O) groups is 2. The third-order valence-corrected chi connectivity index (χ3v) is 5.13. The Kier molecular flexibility index (Phi) is 5.38. The van der Waals surface area contributed by atoms with Crippen LogP contribution in [-0.4, -0.2) is 33.4 Å². The summed E-state index contributed by atoms with van der Waals surface area (Å²) >= 11 is 3.30. The molecule has 0 atom stereocenters. The highest BCUT2D eigenvalue weighted by atomic mass is 79.9. The Morgan fingerprint density at radius 1 is 0.862 bits per heavy atom. The predicted octanol–water partition coefficient (Wildman–Crippen LogP) is 4.96. The second kappa shape index (κ2) is 7.37. The lowest BCUT2D eigenvalue weighted by Gasteiger charge is -2.17. The molecule has 154 valence electrons. The second-order valence-corrected chi connectivity index (χ2v) is 9.34. The van der Waals surface area contributed by atoms with Crippen LogP contribution in [0.15, 0.2) is 34.8 Å². The highest BCUT2D eigenvalue weighted by molar-refractivity contribution is 9.10. The predicted molar refractivity (Wildman–Crippen MR) is 111 cm³/mol. The van der Waals surface area contributed by atoms with Gasteiger partial charge in [-0.3, -0.25) is 0 Å². The molecule has 2 aromatic rings. The van der Waals surface area contributed by atoms with Crippen molar-refractivity contribution in [3.05, 3.63) is 57.1 Å². The summed E-state index contributed by atoms with van der Waals surface area (Å²) in [5.41, 5.74) is 1.82. The normalized spacial score (nSPS) is 17.1. The lowest BCUT2D eigenvalue weighted by molar-refractivity contribution is 0.0673. The van der Waals surface area contributed by atoms with Crippen LogP contribution in [0.5, 0.6) is 11.5 Å². The Bertz CT molecular complexity index is 993. The summed E-state index contributed by atoms with van der Waals surface area (Å²) in [6, 6.07) is 8.73. The van der Waals surface area contributed by atoms with Gasteiger partial charge in [-0.25, -0.2) is 9.59 Å². The number of halogens is 1. The van der Waals surface area contributed by atoms with Crippen molar-refractivity contribution in [2.45, 2.75) is 51.7 Å². The van der Waals surface area contributed by atoms with Crippen molar-refractivity contribution in [2.24, 2.45) is 0 Å². The van der Waals surface area contributed by atoms with Gasteiger partial charge in [0, 0.05) is 22.9 Å². The summed E-state index contributed by atoms with van der Waals surface area (Å²) in [5, 5.41) is 18.0. The van der Waals surface area contributed by atoms with Crippen LogP contribution in [-0.2, 0) is 12.8 Å². The Morgan fingerprint density at radius 2 is 1.38 bits per heavy atom. The van der Waals surface area contributed by atoms with Gasteiger partial charge < -0.3 is 19.7 Å². The maximum atomic E-state index is 11.0. The molecular weight excluding hydrogens is 440 g/mol. The van der Waals surface area contributed by atoms with Crippen molar-refractivity contribution >= 4 is 27.9 Å². The molecule has 2 N–H and O–H groups in total. The van der Waals surface area contributed by atoms with E-state index >= 15 is 0 Å². The van der Waals surface area contributed by atoms with Crippen molar-refractivity contribution < 1.29 is 29.3 Å². The van der Waals surface area contributed by atoms with Crippen LogP contribution in [0.25, 0.3) is 0 Å². The Hall–Kier alpha value is -2.54. The molecule has 0 saturated carbocycles. The van der Waals surface area contributed by atoms with Crippen LogP contribution in [0.4, 0.5) is 0 Å². The summed E-state index contributed by atoms with van der Waals surface area (Å²) < 4.78 is 12.0. The minimum absolute atomic E-state index is 0.227. The van der Waals surface area contributed by atoms with E-state index in [1.54, 1.807) is 18.2 Å². The maximum absolute atomic E-state index is 11.0. The molecule has 7 heteroatoms. The van der Waals surface area contributed by atoms with E-state index in [0.717, 1.165) is 28.4 Å². The summed E-state index contributed by atoms with van der Waals surface area (Å²) in [6.45, 7) is 7.82. The number of hydrogen-bond donors (Lipinski definition) is 2. The van der Waals surface area contributed by atoms with E-state index in [0.29, 0.717) is 11.5 Å². The summed E-state index contributed by atoms with van der Waals surface area (Å²) in [6.07, 6.45) is 1.51. The van der Waals surface area contributed by atoms with Crippen molar-refractivity contribution in [1.82, 2.24) is 0 Å². The first-order valence-electron chi connectivity index (χ1n) is 9.17. The number of hydrogen-bond acceptors (Lipinski definition) is 4. The molecule has 29 heavy (non-hydrogen) atoms. The number of fused-ring (bicyclic) bond motifs is 2. The van der Waals surface area contributed by atoms with Crippen LogP contribution in [0, 0.1) is 0 Å². The highest BCUT2D eigenvalue weighted by Gasteiger charge is 2.34. The number of aromatic carboxylic acids is 2. The number of rotatable bonds is 2. The molecule has 2 heterocycles. The second-order valence-electron chi connectivity index (χ2n) is 8.42. The fourth-order valence-electron chi connectivity index (χ4n) is 3.62. The van der Waals surface area contributed by atoms with Crippen molar-refractivity contribution in [1.29, 1.82) is 0 Å². The maximum Gasteiger partial charge on any atom is 0.339 e. The number of carboxylic acid groups (broad SMARTS) is 2. The standard InChI is InChI=1S/C11H11BrO3.C11H12O3/c1-11(2)5-6-3-7(12)4-8(10(13)14)9(6)15-11;1-11(2)6-7-4-3-5-8(10(12)13)9(7)14-11/h3-4H,5H2,1-2H3,(H,13,14);3-5H,6H2,1-2H3,(H,12,13). The molecular formula is C22H23BrO6. The Balaban J connectivity index is 0.000000166. The van der Waals surface area contributed by atoms with Crippen LogP contribution in [0.1, 0.15) is 59.5 Å². The molecule has 0 saturated heterocycles. The number of benzene rings is 2. The Morgan fingerprint density at radius 3 is 1.93 bits per heavy atom. The quantitative estimate of drug-likeness (QED) is 0.654. The molecule has 2 aliphatic rings. The minimum atomic E-state index is -0.953. The summed E-state index contributed by atoms with van der Waals surface area (Å²) in [4.78, 5) is 21.9. The average Bonchev–Trinajstić information content (AvgIpc) is 3.06. The molecule has 0 fully saturated rings. The van der Waals surface area contributed by atoms with Crippen LogP contribution >= 0.6 is 15.9 Å². The molecule has 0 spiro atoms. The summed E-state index contributed by atoms with van der Waals surface area (Å²) in [7, 11) is 0. The molecule has 0 bridgehead atoms. The third kappa shape index (κ3) is 4.56. The molecule has 0 radical (unpaired) electrons. The average molecular weight is 463 g/mol. The van der Waals surface area contributed by atoms with E-state index in [9.17, 15) is 9.59 Å². The van der Waals surface area contributed by atoms with Gasteiger partial charge in [-0.1, -0.05) is 28.1 Å². The lowest BCUT2D eigenvalue weighted by Crippen LogP contribution is -2.25. The zero-order valence-corrected chi connectivity index (χ0v) is 18.3. The SMILES string of the molecule is CC1(C)Cc2cc(Br)cc(C(=O)O)c2O1.CC1(C)Cc2cccc(C(=O)O)c2O1. The largest absolute Gasteiger partial charge is 0.486 e. The zero-order chi connectivity index (χ0) is 21.6. The van der Waals surface area contributed by atoms with E-state index in [1.807, 2.05) is 39.8 Å². The fraction of sp³-hybridized carbons (Fsp3) is 0.364. The van der Waals surface area contributed by atoms with Crippen LogP contribution in [0.3, 0.4) is 0 Å². The third-order valence-electron chi connectivity index (χ3n) is 4.68. The van der Waals surface area contributed by atoms with E-state index in [4.69, 9.17) is 19.7 Å². The molecule has 0 aromatic heterocycles. The van der Waals surface area contributed by atoms with Gasteiger partial charge >= 0.3 is 11.9 Å². The van der Waals surface area contributed by atoms with Gasteiger partial charge in [0.2, 0.25) is 0 Å². The van der Waals surface area contributed by atoms with E-state index in [2.05, 4.69) is 15.9 Å². The van der Waals surface area contributed by atoms with Gasteiger partial charge in [-0.15, -0.1) is 0 Å². The molecule has 6 nitrogen and oxygen atoms in total. The molecule has 0 aliphatic carbocycles. The fourth-order valence-corrected chi connectivity index (χ4v) is 4.12. The topological polar surface area (TPSA) is 93.1 Å². The Labute approximate surface area is 177 Å². The van der Waals surface area contributed by atoms with E-state index in [-0.39, 0.29) is 22.3 Å².